The Balaban J connectivity index is 1.82. The molecule has 0 aliphatic rings. The van der Waals surface area contributed by atoms with Crippen molar-refractivity contribution in [3.05, 3.63) is 54.6 Å². The van der Waals surface area contributed by atoms with E-state index in [1.54, 1.807) is 11.9 Å². The van der Waals surface area contributed by atoms with Gasteiger partial charge >= 0.3 is 6.03 Å². The van der Waals surface area contributed by atoms with Crippen molar-refractivity contribution >= 4 is 17.6 Å². The maximum Gasteiger partial charge on any atom is 0.321 e. The first-order valence-corrected chi connectivity index (χ1v) is 8.19. The normalized spacial score (nSPS) is 10.1. The molecule has 0 radical (unpaired) electrons. The number of imide groups is 1. The second-order valence-electron chi connectivity index (χ2n) is 5.56. The molecule has 0 unspecified atom stereocenters. The first-order chi connectivity index (χ1) is 12.6. The molecular formula is C19H23N3O4. The summed E-state index contributed by atoms with van der Waals surface area (Å²) in [4.78, 5) is 25.2. The van der Waals surface area contributed by atoms with Gasteiger partial charge < -0.3 is 19.7 Å². The van der Waals surface area contributed by atoms with Crippen LogP contribution in [0.1, 0.15) is 0 Å². The van der Waals surface area contributed by atoms with Crippen molar-refractivity contribution in [1.82, 2.24) is 10.6 Å². The zero-order chi connectivity index (χ0) is 18.8. The number of nitrogens with one attached hydrogen (secondary N) is 2. The summed E-state index contributed by atoms with van der Waals surface area (Å²) < 4.78 is 10.6. The average molecular weight is 357 g/mol. The van der Waals surface area contributed by atoms with Gasteiger partial charge in [-0.15, -0.1) is 0 Å². The summed E-state index contributed by atoms with van der Waals surface area (Å²) in [5.74, 6) is 1.06. The SMILES string of the molecule is COCCNC(=O)NC(=O)CN(C)c1ccc(Oc2ccccc2)cc1. The van der Waals surface area contributed by atoms with Crippen molar-refractivity contribution < 1.29 is 19.1 Å². The molecule has 0 saturated carbocycles. The largest absolute Gasteiger partial charge is 0.457 e. The first-order valence-electron chi connectivity index (χ1n) is 8.19. The van der Waals surface area contributed by atoms with Crippen LogP contribution < -0.4 is 20.3 Å². The summed E-state index contributed by atoms with van der Waals surface area (Å²) in [6.07, 6.45) is 0. The number of ether oxygens (including phenoxy) is 2. The molecule has 0 aliphatic heterocycles. The number of hydrogen-bond donors (Lipinski definition) is 2. The Labute approximate surface area is 152 Å². The third-order valence-electron chi connectivity index (χ3n) is 3.48. The van der Waals surface area contributed by atoms with E-state index in [1.807, 2.05) is 54.6 Å². The van der Waals surface area contributed by atoms with Crippen LogP contribution in [0.4, 0.5) is 10.5 Å². The number of nitrogens with zero attached hydrogens (tertiary/aromatic N) is 1. The van der Waals surface area contributed by atoms with Crippen molar-refractivity contribution in [2.24, 2.45) is 0 Å². The fourth-order valence-electron chi connectivity index (χ4n) is 2.18. The highest BCUT2D eigenvalue weighted by molar-refractivity contribution is 5.96. The summed E-state index contributed by atoms with van der Waals surface area (Å²) in [5, 5.41) is 4.80. The van der Waals surface area contributed by atoms with E-state index in [9.17, 15) is 9.59 Å². The van der Waals surface area contributed by atoms with E-state index in [4.69, 9.17) is 9.47 Å². The fraction of sp³-hybridized carbons (Fsp3) is 0.263. The zero-order valence-electron chi connectivity index (χ0n) is 14.9. The Kier molecular flexibility index (Phi) is 7.45. The van der Waals surface area contributed by atoms with Crippen LogP contribution in [0.15, 0.2) is 54.6 Å². The van der Waals surface area contributed by atoms with Gasteiger partial charge in [-0.25, -0.2) is 4.79 Å². The summed E-state index contributed by atoms with van der Waals surface area (Å²) in [6.45, 7) is 0.782. The number of methoxy groups -OCH3 is 1. The predicted octanol–water partition coefficient (Wildman–Crippen LogP) is 2.39. The van der Waals surface area contributed by atoms with Gasteiger partial charge in [-0.1, -0.05) is 18.2 Å². The number of rotatable bonds is 8. The highest BCUT2D eigenvalue weighted by Gasteiger charge is 2.11. The summed E-state index contributed by atoms with van der Waals surface area (Å²) in [5.41, 5.74) is 0.834. The monoisotopic (exact) mass is 357 g/mol. The van der Waals surface area contributed by atoms with Crippen LogP contribution in [0.25, 0.3) is 0 Å². The third-order valence-corrected chi connectivity index (χ3v) is 3.48. The van der Waals surface area contributed by atoms with E-state index in [0.29, 0.717) is 18.9 Å². The molecular weight excluding hydrogens is 334 g/mol. The zero-order valence-corrected chi connectivity index (χ0v) is 14.9. The van der Waals surface area contributed by atoms with Gasteiger partial charge in [-0.2, -0.15) is 0 Å². The Morgan fingerprint density at radius 2 is 1.65 bits per heavy atom. The van der Waals surface area contributed by atoms with Gasteiger partial charge in [0.2, 0.25) is 5.91 Å². The number of anilines is 1. The van der Waals surface area contributed by atoms with Crippen LogP contribution in [0.2, 0.25) is 0 Å². The predicted molar refractivity (Wildman–Crippen MR) is 99.6 cm³/mol. The van der Waals surface area contributed by atoms with Crippen molar-refractivity contribution in [3.63, 3.8) is 0 Å². The molecule has 7 heteroatoms. The summed E-state index contributed by atoms with van der Waals surface area (Å²) >= 11 is 0. The summed E-state index contributed by atoms with van der Waals surface area (Å²) in [6, 6.07) is 16.3. The highest BCUT2D eigenvalue weighted by Crippen LogP contribution is 2.23. The number of benzene rings is 2. The van der Waals surface area contributed by atoms with E-state index < -0.39 is 11.9 Å². The van der Waals surface area contributed by atoms with E-state index in [0.717, 1.165) is 11.4 Å². The van der Waals surface area contributed by atoms with Gasteiger partial charge in [-0.05, 0) is 36.4 Å². The molecule has 26 heavy (non-hydrogen) atoms. The van der Waals surface area contributed by atoms with Crippen molar-refractivity contribution in [3.8, 4) is 11.5 Å². The number of amides is 3. The topological polar surface area (TPSA) is 79.9 Å². The molecule has 0 spiro atoms. The second-order valence-corrected chi connectivity index (χ2v) is 5.56. The molecule has 0 atom stereocenters. The van der Waals surface area contributed by atoms with E-state index >= 15 is 0 Å². The Morgan fingerprint density at radius 3 is 2.31 bits per heavy atom. The molecule has 0 aromatic heterocycles. The molecule has 0 aliphatic carbocycles. The Morgan fingerprint density at radius 1 is 1.00 bits per heavy atom. The maximum atomic E-state index is 11.9. The standard InChI is InChI=1S/C19H23N3O4/c1-22(14-18(23)21-19(24)20-12-13-25-2)15-8-10-17(11-9-15)26-16-6-4-3-5-7-16/h3-11H,12-14H2,1-2H3,(H2,20,21,23,24). The quantitative estimate of drug-likeness (QED) is 0.709. The lowest BCUT2D eigenvalue weighted by atomic mass is 10.2. The number of para-hydroxylation sites is 1. The first kappa shape index (κ1) is 19.3. The number of urea groups is 1. The van der Waals surface area contributed by atoms with E-state index in [-0.39, 0.29) is 6.54 Å². The van der Waals surface area contributed by atoms with E-state index in [1.165, 1.54) is 7.11 Å². The third kappa shape index (κ3) is 6.45. The number of carbonyl (C=O) groups is 2. The van der Waals surface area contributed by atoms with Gasteiger partial charge in [-0.3, -0.25) is 10.1 Å². The lowest BCUT2D eigenvalue weighted by molar-refractivity contribution is -0.118. The fourth-order valence-corrected chi connectivity index (χ4v) is 2.18. The molecule has 0 fully saturated rings. The van der Waals surface area contributed by atoms with Crippen molar-refractivity contribution in [2.75, 3.05) is 38.8 Å². The molecule has 0 bridgehead atoms. The van der Waals surface area contributed by atoms with Crippen molar-refractivity contribution in [1.29, 1.82) is 0 Å². The second kappa shape index (κ2) is 10.0. The molecule has 3 amide bonds. The molecule has 2 rings (SSSR count). The Hall–Kier alpha value is -3.06. The van der Waals surface area contributed by atoms with Crippen LogP contribution in [-0.4, -0.2) is 45.8 Å². The molecule has 0 heterocycles. The lowest BCUT2D eigenvalue weighted by Gasteiger charge is -2.19. The number of likely N-dealkylation sites (N-methyl/N-ethyl adjacent to an activating group) is 1. The van der Waals surface area contributed by atoms with Crippen LogP contribution in [0.3, 0.4) is 0 Å². The van der Waals surface area contributed by atoms with Crippen LogP contribution >= 0.6 is 0 Å². The number of carbonyl (C=O) groups excluding carboxylic acids is 2. The lowest BCUT2D eigenvalue weighted by Crippen LogP contribution is -2.44. The van der Waals surface area contributed by atoms with Crippen LogP contribution in [-0.2, 0) is 9.53 Å². The van der Waals surface area contributed by atoms with Gasteiger partial charge in [0.1, 0.15) is 11.5 Å². The molecule has 138 valence electrons. The van der Waals surface area contributed by atoms with Crippen LogP contribution in [0, 0.1) is 0 Å². The molecule has 2 N–H and O–H groups in total. The van der Waals surface area contributed by atoms with Gasteiger partial charge in [0.15, 0.2) is 0 Å². The van der Waals surface area contributed by atoms with Gasteiger partial charge in [0, 0.05) is 26.4 Å². The maximum absolute atomic E-state index is 11.9. The smallest absolute Gasteiger partial charge is 0.321 e. The highest BCUT2D eigenvalue weighted by atomic mass is 16.5. The van der Waals surface area contributed by atoms with Crippen LogP contribution in [0.5, 0.6) is 11.5 Å². The van der Waals surface area contributed by atoms with Gasteiger partial charge in [0.25, 0.3) is 0 Å². The average Bonchev–Trinajstić information content (AvgIpc) is 2.63. The molecule has 7 nitrogen and oxygen atoms in total. The minimum Gasteiger partial charge on any atom is -0.457 e. The summed E-state index contributed by atoms with van der Waals surface area (Å²) in [7, 11) is 3.31. The number of hydrogen-bond acceptors (Lipinski definition) is 5. The van der Waals surface area contributed by atoms with Crippen molar-refractivity contribution in [2.45, 2.75) is 0 Å². The van der Waals surface area contributed by atoms with Gasteiger partial charge in [0.05, 0.1) is 13.2 Å². The molecule has 2 aromatic carbocycles. The van der Waals surface area contributed by atoms with E-state index in [2.05, 4.69) is 10.6 Å². The molecule has 0 saturated heterocycles. The Bertz CT molecular complexity index is 704. The minimum atomic E-state index is -0.535. The minimum absolute atomic E-state index is 0.0522. The molecule has 2 aromatic rings.